The lowest BCUT2D eigenvalue weighted by Gasteiger charge is -2.29. The quantitative estimate of drug-likeness (QED) is 0.168. The molecule has 0 saturated heterocycles. The Bertz CT molecular complexity index is 2820. The van der Waals surface area contributed by atoms with Gasteiger partial charge in [0.25, 0.3) is 0 Å². The average molecular weight is 690 g/mol. The highest BCUT2D eigenvalue weighted by Crippen LogP contribution is 2.54. The number of hydrogen-bond donors (Lipinski definition) is 0. The highest BCUT2D eigenvalue weighted by molar-refractivity contribution is 5.98. The van der Waals surface area contributed by atoms with Crippen LogP contribution in [0.5, 0.6) is 0 Å². The van der Waals surface area contributed by atoms with Crippen LogP contribution in [0.25, 0.3) is 66.1 Å². The molecule has 1 aliphatic carbocycles. The molecule has 256 valence electrons. The number of nitrogens with zero attached hydrogens (tertiary/aromatic N) is 1. The van der Waals surface area contributed by atoms with Crippen LogP contribution < -0.4 is 4.90 Å². The van der Waals surface area contributed by atoms with E-state index in [2.05, 4.69) is 219 Å². The molecule has 0 spiro atoms. The lowest BCUT2D eigenvalue weighted by molar-refractivity contribution is 0.662. The van der Waals surface area contributed by atoms with Crippen molar-refractivity contribution in [2.24, 2.45) is 0 Å². The first-order chi connectivity index (χ1) is 26.5. The van der Waals surface area contributed by atoms with Gasteiger partial charge in [-0.2, -0.15) is 0 Å². The SMILES string of the molecule is CC1(C)c2ccccc2-c2cc(N(c3ccc(-c4ccc5ccccc5c4)cc3)c3ccc(-c4cccc5ccccc45)cc3)cc(-c3ccccc3)c21. The number of anilines is 3. The standard InChI is InChI=1S/C53H39N/c1-53(2)51-22-11-10-20-48(51)50-35-45(34-49(52(50)53)39-14-4-3-5-15-39)54(43-29-25-37(26-30-43)42-24-23-36-13-6-7-17-41(36)33-42)44-31-27-40(28-32-44)47-21-12-18-38-16-8-9-19-46(38)47/h3-35H,1-2H3. The number of fused-ring (bicyclic) bond motifs is 5. The fourth-order valence-corrected chi connectivity index (χ4v) is 8.77. The van der Waals surface area contributed by atoms with Gasteiger partial charge in [-0.05, 0) is 120 Å². The van der Waals surface area contributed by atoms with Gasteiger partial charge in [0.2, 0.25) is 0 Å². The van der Waals surface area contributed by atoms with Crippen molar-refractivity contribution in [3.63, 3.8) is 0 Å². The zero-order valence-electron chi connectivity index (χ0n) is 30.5. The second-order valence-corrected chi connectivity index (χ2v) is 15.0. The van der Waals surface area contributed by atoms with Gasteiger partial charge in [0, 0.05) is 22.5 Å². The molecule has 1 nitrogen and oxygen atoms in total. The van der Waals surface area contributed by atoms with E-state index in [9.17, 15) is 0 Å². The maximum absolute atomic E-state index is 2.43. The van der Waals surface area contributed by atoms with Crippen LogP contribution in [-0.4, -0.2) is 0 Å². The van der Waals surface area contributed by atoms with Gasteiger partial charge in [-0.3, -0.25) is 0 Å². The summed E-state index contributed by atoms with van der Waals surface area (Å²) in [6, 6.07) is 73.4. The van der Waals surface area contributed by atoms with E-state index in [1.165, 1.54) is 77.2 Å². The van der Waals surface area contributed by atoms with Crippen molar-refractivity contribution in [1.82, 2.24) is 0 Å². The van der Waals surface area contributed by atoms with Crippen molar-refractivity contribution in [2.45, 2.75) is 19.3 Å². The van der Waals surface area contributed by atoms with Gasteiger partial charge in [0.1, 0.15) is 0 Å². The lowest BCUT2D eigenvalue weighted by Crippen LogP contribution is -2.17. The normalized spacial score (nSPS) is 12.8. The molecule has 10 rings (SSSR count). The Balaban J connectivity index is 1.16. The number of hydrogen-bond acceptors (Lipinski definition) is 1. The Morgan fingerprint density at radius 2 is 0.889 bits per heavy atom. The summed E-state index contributed by atoms with van der Waals surface area (Å²) in [5, 5.41) is 5.02. The molecule has 0 aromatic heterocycles. The van der Waals surface area contributed by atoms with Crippen LogP contribution in [-0.2, 0) is 5.41 Å². The van der Waals surface area contributed by atoms with E-state index in [0.717, 1.165) is 17.1 Å². The molecule has 1 aliphatic rings. The predicted octanol–water partition coefficient (Wildman–Crippen LogP) is 14.8. The third-order valence-corrected chi connectivity index (χ3v) is 11.4. The van der Waals surface area contributed by atoms with Crippen LogP contribution in [0.15, 0.2) is 200 Å². The van der Waals surface area contributed by atoms with Gasteiger partial charge in [-0.25, -0.2) is 0 Å². The first-order valence-corrected chi connectivity index (χ1v) is 18.8. The van der Waals surface area contributed by atoms with Crippen molar-refractivity contribution in [3.8, 4) is 44.5 Å². The van der Waals surface area contributed by atoms with Crippen molar-refractivity contribution < 1.29 is 0 Å². The average Bonchev–Trinajstić information content (AvgIpc) is 3.47. The monoisotopic (exact) mass is 689 g/mol. The van der Waals surface area contributed by atoms with E-state index in [4.69, 9.17) is 0 Å². The van der Waals surface area contributed by atoms with Gasteiger partial charge in [-0.1, -0.05) is 172 Å². The molecule has 0 radical (unpaired) electrons. The van der Waals surface area contributed by atoms with Gasteiger partial charge >= 0.3 is 0 Å². The molecule has 0 unspecified atom stereocenters. The zero-order chi connectivity index (χ0) is 36.2. The summed E-state index contributed by atoms with van der Waals surface area (Å²) in [5.74, 6) is 0. The molecule has 0 amide bonds. The van der Waals surface area contributed by atoms with Crippen molar-refractivity contribution in [1.29, 1.82) is 0 Å². The molecule has 9 aromatic carbocycles. The fraction of sp³-hybridized carbons (Fsp3) is 0.0566. The molecule has 0 heterocycles. The Morgan fingerprint density at radius 3 is 1.67 bits per heavy atom. The largest absolute Gasteiger partial charge is 0.310 e. The van der Waals surface area contributed by atoms with Crippen LogP contribution in [0.2, 0.25) is 0 Å². The smallest absolute Gasteiger partial charge is 0.0474 e. The fourth-order valence-electron chi connectivity index (χ4n) is 8.77. The molecule has 0 fully saturated rings. The second kappa shape index (κ2) is 12.8. The maximum atomic E-state index is 2.43. The van der Waals surface area contributed by atoms with Crippen molar-refractivity contribution >= 4 is 38.6 Å². The minimum absolute atomic E-state index is 0.137. The van der Waals surface area contributed by atoms with E-state index >= 15 is 0 Å². The topological polar surface area (TPSA) is 3.24 Å². The summed E-state index contributed by atoms with van der Waals surface area (Å²) < 4.78 is 0. The second-order valence-electron chi connectivity index (χ2n) is 15.0. The van der Waals surface area contributed by atoms with E-state index in [-0.39, 0.29) is 5.41 Å². The highest BCUT2D eigenvalue weighted by atomic mass is 15.1. The number of benzene rings is 9. The van der Waals surface area contributed by atoms with Crippen LogP contribution in [0.3, 0.4) is 0 Å². The van der Waals surface area contributed by atoms with Crippen LogP contribution in [0.1, 0.15) is 25.0 Å². The van der Waals surface area contributed by atoms with Crippen LogP contribution in [0, 0.1) is 0 Å². The van der Waals surface area contributed by atoms with E-state index in [1.807, 2.05) is 0 Å². The Hall–Kier alpha value is -6.70. The van der Waals surface area contributed by atoms with Gasteiger partial charge < -0.3 is 4.90 Å². The Labute approximate surface area is 317 Å². The van der Waals surface area contributed by atoms with Crippen LogP contribution >= 0.6 is 0 Å². The summed E-state index contributed by atoms with van der Waals surface area (Å²) in [5.41, 5.74) is 16.0. The highest BCUT2D eigenvalue weighted by Gasteiger charge is 2.38. The summed E-state index contributed by atoms with van der Waals surface area (Å²) in [6.45, 7) is 4.75. The van der Waals surface area contributed by atoms with Gasteiger partial charge in [0.05, 0.1) is 0 Å². The summed E-state index contributed by atoms with van der Waals surface area (Å²) in [7, 11) is 0. The lowest BCUT2D eigenvalue weighted by atomic mass is 9.78. The van der Waals surface area contributed by atoms with Crippen molar-refractivity contribution in [2.75, 3.05) is 4.90 Å². The number of rotatable bonds is 6. The van der Waals surface area contributed by atoms with E-state index in [0.29, 0.717) is 0 Å². The molecule has 0 aliphatic heterocycles. The zero-order valence-corrected chi connectivity index (χ0v) is 30.5. The third-order valence-electron chi connectivity index (χ3n) is 11.4. The van der Waals surface area contributed by atoms with Crippen molar-refractivity contribution in [3.05, 3.63) is 211 Å². The van der Waals surface area contributed by atoms with Gasteiger partial charge in [0.15, 0.2) is 0 Å². The summed E-state index contributed by atoms with van der Waals surface area (Å²) in [4.78, 5) is 2.43. The van der Waals surface area contributed by atoms with E-state index < -0.39 is 0 Å². The molecule has 1 heteroatoms. The third kappa shape index (κ3) is 5.32. The molecule has 0 saturated carbocycles. The minimum atomic E-state index is -0.137. The molecular weight excluding hydrogens is 651 g/mol. The Kier molecular flexibility index (Phi) is 7.56. The molecule has 0 atom stereocenters. The Morgan fingerprint density at radius 1 is 0.333 bits per heavy atom. The molecule has 0 N–H and O–H groups in total. The van der Waals surface area contributed by atoms with Gasteiger partial charge in [-0.15, -0.1) is 0 Å². The first kappa shape index (κ1) is 32.0. The van der Waals surface area contributed by atoms with E-state index in [1.54, 1.807) is 0 Å². The molecule has 0 bridgehead atoms. The summed E-state index contributed by atoms with van der Waals surface area (Å²) >= 11 is 0. The first-order valence-electron chi connectivity index (χ1n) is 18.8. The minimum Gasteiger partial charge on any atom is -0.310 e. The predicted molar refractivity (Wildman–Crippen MR) is 230 cm³/mol. The summed E-state index contributed by atoms with van der Waals surface area (Å²) in [6.07, 6.45) is 0. The molecule has 9 aromatic rings. The maximum Gasteiger partial charge on any atom is 0.0474 e. The molecule has 54 heavy (non-hydrogen) atoms. The van der Waals surface area contributed by atoms with Crippen LogP contribution in [0.4, 0.5) is 17.1 Å². The molecular formula is C53H39N.